The summed E-state index contributed by atoms with van der Waals surface area (Å²) in [7, 11) is 0. The number of hydrogen-bond acceptors (Lipinski definition) is 2. The van der Waals surface area contributed by atoms with Gasteiger partial charge < -0.3 is 9.80 Å². The van der Waals surface area contributed by atoms with Gasteiger partial charge in [0.1, 0.15) is 0 Å². The molecule has 0 saturated heterocycles. The summed E-state index contributed by atoms with van der Waals surface area (Å²) in [5.41, 5.74) is 21.8. The molecule has 0 spiro atoms. The first kappa shape index (κ1) is 55.8. The summed E-state index contributed by atoms with van der Waals surface area (Å²) in [5.74, 6) is 0. The molecule has 2 nitrogen and oxygen atoms in total. The molecule has 2 heteroatoms. The van der Waals surface area contributed by atoms with Gasteiger partial charge in [0.2, 0.25) is 0 Å². The Hall–Kier alpha value is -11.8. The van der Waals surface area contributed by atoms with Crippen LogP contribution in [0.3, 0.4) is 0 Å². The zero-order valence-corrected chi connectivity index (χ0v) is 54.1. The molecule has 0 radical (unpaired) electrons. The van der Waals surface area contributed by atoms with Gasteiger partial charge >= 0.3 is 0 Å². The maximum Gasteiger partial charge on any atom is 0.0468 e. The molecule has 0 aliphatic heterocycles. The first-order chi connectivity index (χ1) is 47.1. The predicted octanol–water partition coefficient (Wildman–Crippen LogP) is 26.2. The molecular weight excluding hydrogens is 1160 g/mol. The molecule has 2 aliphatic rings. The van der Waals surface area contributed by atoms with Crippen LogP contribution in [0.5, 0.6) is 0 Å². The molecule has 0 saturated carbocycles. The lowest BCUT2D eigenvalue weighted by molar-refractivity contribution is 0.660. The molecular formula is C94H66N2. The van der Waals surface area contributed by atoms with Gasteiger partial charge in [0.05, 0.1) is 0 Å². The number of fused-ring (bicyclic) bond motifs is 12. The molecule has 0 bridgehead atoms. The van der Waals surface area contributed by atoms with E-state index in [4.69, 9.17) is 0 Å². The summed E-state index contributed by atoms with van der Waals surface area (Å²) in [6, 6.07) is 113. The summed E-state index contributed by atoms with van der Waals surface area (Å²) in [5, 5.41) is 20.1. The lowest BCUT2D eigenvalue weighted by Gasteiger charge is -2.28. The summed E-state index contributed by atoms with van der Waals surface area (Å²) in [6.07, 6.45) is 9.30. The average Bonchev–Trinajstić information content (AvgIpc) is 1.14. The first-order valence-corrected chi connectivity index (χ1v) is 33.7. The van der Waals surface area contributed by atoms with Crippen LogP contribution in [0.2, 0.25) is 0 Å². The number of anilines is 6. The summed E-state index contributed by atoms with van der Waals surface area (Å²) < 4.78 is 0. The minimum absolute atomic E-state index is 0.227. The third kappa shape index (κ3) is 8.79. The monoisotopic (exact) mass is 1220 g/mol. The highest BCUT2D eigenvalue weighted by molar-refractivity contribution is 6.34. The molecule has 96 heavy (non-hydrogen) atoms. The third-order valence-electron chi connectivity index (χ3n) is 21.5. The van der Waals surface area contributed by atoms with Gasteiger partial charge in [0, 0.05) is 45.0 Å². The van der Waals surface area contributed by atoms with Crippen molar-refractivity contribution in [1.82, 2.24) is 0 Å². The van der Waals surface area contributed by atoms with Crippen LogP contribution >= 0.6 is 0 Å². The average molecular weight is 1220 g/mol. The van der Waals surface area contributed by atoms with Gasteiger partial charge in [-0.05, 0) is 226 Å². The second-order valence-corrected chi connectivity index (χ2v) is 27.6. The van der Waals surface area contributed by atoms with E-state index in [1.54, 1.807) is 0 Å². The standard InChI is InChI=1S/C94H66N2/c1-93(2)87-51-59(29-45-79(87)81-49-43-75(57-89(81)93)95(71-39-33-61-15-5-9-19-67(61)53-71)72-40-34-62-16-6-10-20-68(62)54-72)27-31-65-37-47-85-84-26-14-24-78-66(38-48-86(92(78)84)83-25-13-23-77(65)91(83)85)32-28-60-30-46-80-82-50-44-76(58-90(82)94(3,4)88(80)52-60)96(73-41-35-63-17-7-11-21-69(63)55-73)74-42-36-64-18-8-12-22-70(64)56-74/h5-58H,1-4H3/b31-27+,32-28+. The molecule has 0 aromatic heterocycles. The van der Waals surface area contributed by atoms with Crippen LogP contribution < -0.4 is 9.80 Å². The Morgan fingerprint density at radius 3 is 0.854 bits per heavy atom. The number of nitrogens with zero attached hydrogens (tertiary/aromatic N) is 2. The smallest absolute Gasteiger partial charge is 0.0468 e. The van der Waals surface area contributed by atoms with Crippen LogP contribution in [0.15, 0.2) is 303 Å². The van der Waals surface area contributed by atoms with Crippen molar-refractivity contribution in [3.05, 3.63) is 348 Å². The van der Waals surface area contributed by atoms with E-state index in [1.807, 2.05) is 0 Å². The zero-order chi connectivity index (χ0) is 64.0. The summed E-state index contributed by atoms with van der Waals surface area (Å²) >= 11 is 0. The predicted molar refractivity (Wildman–Crippen MR) is 413 cm³/mol. The summed E-state index contributed by atoms with van der Waals surface area (Å²) in [4.78, 5) is 4.86. The number of rotatable bonds is 10. The van der Waals surface area contributed by atoms with Crippen molar-refractivity contribution < 1.29 is 0 Å². The number of benzene rings is 17. The van der Waals surface area contributed by atoms with E-state index in [1.165, 1.54) is 153 Å². The molecule has 2 aliphatic carbocycles. The quantitative estimate of drug-likeness (QED) is 0.0765. The summed E-state index contributed by atoms with van der Waals surface area (Å²) in [6.45, 7) is 9.58. The van der Waals surface area contributed by atoms with Gasteiger partial charge in [0.25, 0.3) is 0 Å². The van der Waals surface area contributed by atoms with Crippen molar-refractivity contribution in [2.24, 2.45) is 0 Å². The molecule has 0 unspecified atom stereocenters. The molecule has 0 atom stereocenters. The van der Waals surface area contributed by atoms with Gasteiger partial charge in [-0.2, -0.15) is 0 Å². The van der Waals surface area contributed by atoms with Crippen LogP contribution in [0.4, 0.5) is 34.1 Å². The van der Waals surface area contributed by atoms with Crippen molar-refractivity contribution in [3.63, 3.8) is 0 Å². The Bertz CT molecular complexity index is 5620. The molecule has 452 valence electrons. The highest BCUT2D eigenvalue weighted by Crippen LogP contribution is 2.54. The second kappa shape index (κ2) is 21.3. The molecule has 0 amide bonds. The fraction of sp³-hybridized carbons (Fsp3) is 0.0638. The molecule has 17 aromatic rings. The Morgan fingerprint density at radius 2 is 0.500 bits per heavy atom. The molecule has 0 N–H and O–H groups in total. The largest absolute Gasteiger partial charge is 0.310 e. The third-order valence-corrected chi connectivity index (χ3v) is 21.5. The fourth-order valence-corrected chi connectivity index (χ4v) is 16.5. The van der Waals surface area contributed by atoms with Crippen LogP contribution in [0.1, 0.15) is 72.2 Å². The van der Waals surface area contributed by atoms with Crippen molar-refractivity contribution in [2.45, 2.75) is 38.5 Å². The van der Waals surface area contributed by atoms with Crippen LogP contribution in [0.25, 0.3) is 133 Å². The van der Waals surface area contributed by atoms with E-state index in [0.29, 0.717) is 0 Å². The van der Waals surface area contributed by atoms with E-state index in [-0.39, 0.29) is 10.8 Å². The highest BCUT2D eigenvalue weighted by Gasteiger charge is 2.38. The van der Waals surface area contributed by atoms with Gasteiger partial charge in [-0.1, -0.05) is 283 Å². The van der Waals surface area contributed by atoms with Crippen molar-refractivity contribution in [1.29, 1.82) is 0 Å². The Kier molecular flexibility index (Phi) is 12.4. The van der Waals surface area contributed by atoms with E-state index < -0.39 is 0 Å². The first-order valence-electron chi connectivity index (χ1n) is 33.7. The van der Waals surface area contributed by atoms with Crippen molar-refractivity contribution >= 4 is 145 Å². The van der Waals surface area contributed by atoms with E-state index in [9.17, 15) is 0 Å². The minimum Gasteiger partial charge on any atom is -0.310 e. The normalized spacial score (nSPS) is 13.7. The van der Waals surface area contributed by atoms with Crippen molar-refractivity contribution in [3.8, 4) is 22.3 Å². The lowest BCUT2D eigenvalue weighted by Crippen LogP contribution is -2.16. The van der Waals surface area contributed by atoms with E-state index in [0.717, 1.165) is 34.1 Å². The van der Waals surface area contributed by atoms with Crippen LogP contribution in [-0.2, 0) is 10.8 Å². The van der Waals surface area contributed by atoms with Crippen LogP contribution in [0, 0.1) is 0 Å². The maximum absolute atomic E-state index is 2.44. The number of hydrogen-bond donors (Lipinski definition) is 0. The minimum atomic E-state index is -0.227. The van der Waals surface area contributed by atoms with Gasteiger partial charge in [-0.25, -0.2) is 0 Å². The Balaban J connectivity index is 0.619. The molecule has 0 heterocycles. The van der Waals surface area contributed by atoms with E-state index >= 15 is 0 Å². The maximum atomic E-state index is 2.44. The van der Waals surface area contributed by atoms with Crippen molar-refractivity contribution in [2.75, 3.05) is 9.80 Å². The zero-order valence-electron chi connectivity index (χ0n) is 54.1. The fourth-order valence-electron chi connectivity index (χ4n) is 16.5. The molecule has 0 fully saturated rings. The van der Waals surface area contributed by atoms with Gasteiger partial charge in [0.15, 0.2) is 0 Å². The molecule has 19 rings (SSSR count). The highest BCUT2D eigenvalue weighted by atomic mass is 15.1. The van der Waals surface area contributed by atoms with E-state index in [2.05, 4.69) is 365 Å². The Morgan fingerprint density at radius 1 is 0.219 bits per heavy atom. The van der Waals surface area contributed by atoms with Gasteiger partial charge in [-0.15, -0.1) is 0 Å². The Labute approximate surface area is 559 Å². The SMILES string of the molecule is CC1(C)c2cc(/C=C/c3ccc4c5cccc6c(/C=C/c7ccc8c(c7)C(C)(C)c7cc(N(c9ccc%10ccccc%10c9)c9ccc%10ccccc%10c9)ccc7-8)ccc(c7cccc3c74)c65)ccc2-c2ccc(N(c3ccc4ccccc4c3)c3ccc4ccccc4c3)cc21. The topological polar surface area (TPSA) is 6.48 Å². The van der Waals surface area contributed by atoms with Crippen LogP contribution in [-0.4, -0.2) is 0 Å². The lowest BCUT2D eigenvalue weighted by atomic mass is 9.81. The van der Waals surface area contributed by atoms with Gasteiger partial charge in [-0.3, -0.25) is 0 Å². The second-order valence-electron chi connectivity index (χ2n) is 27.6. The molecule has 17 aromatic carbocycles.